The van der Waals surface area contributed by atoms with E-state index in [1.165, 1.54) is 12.1 Å². The summed E-state index contributed by atoms with van der Waals surface area (Å²) in [4.78, 5) is 48.4. The summed E-state index contributed by atoms with van der Waals surface area (Å²) in [6.07, 6.45) is -7.24. The van der Waals surface area contributed by atoms with Gasteiger partial charge in [0.1, 0.15) is 11.6 Å². The first-order valence-corrected chi connectivity index (χ1v) is 12.1. The number of nitrogens with zero attached hydrogens (tertiary/aromatic N) is 1. The number of alkyl halides is 6. The first-order chi connectivity index (χ1) is 19.5. The molecule has 0 bridgehead atoms. The van der Waals surface area contributed by atoms with Crippen LogP contribution in [0.15, 0.2) is 42.6 Å². The molecule has 1 aromatic heterocycles. The van der Waals surface area contributed by atoms with Crippen molar-refractivity contribution < 1.29 is 60.5 Å². The highest BCUT2D eigenvalue weighted by molar-refractivity contribution is 5.85. The van der Waals surface area contributed by atoms with E-state index in [9.17, 15) is 40.7 Å². The van der Waals surface area contributed by atoms with E-state index in [1.807, 2.05) is 19.1 Å². The van der Waals surface area contributed by atoms with Crippen LogP contribution < -0.4 is 20.7 Å². The van der Waals surface area contributed by atoms with E-state index in [0.717, 1.165) is 23.5 Å². The molecule has 42 heavy (non-hydrogen) atoms. The van der Waals surface area contributed by atoms with Gasteiger partial charge in [-0.3, -0.25) is 14.4 Å². The van der Waals surface area contributed by atoms with Crippen molar-refractivity contribution in [2.45, 2.75) is 51.2 Å². The van der Waals surface area contributed by atoms with Crippen molar-refractivity contribution in [2.24, 2.45) is 0 Å². The molecule has 0 saturated heterocycles. The maximum Gasteiger partial charge on any atom is 0.573 e. The summed E-state index contributed by atoms with van der Waals surface area (Å²) >= 11 is 0. The van der Waals surface area contributed by atoms with Crippen molar-refractivity contribution in [3.05, 3.63) is 53.7 Å². The first-order valence-electron chi connectivity index (χ1n) is 12.1. The average Bonchev–Trinajstić information content (AvgIpc) is 2.86. The van der Waals surface area contributed by atoms with Crippen LogP contribution in [0.5, 0.6) is 5.75 Å². The minimum atomic E-state index is -5.08. The summed E-state index contributed by atoms with van der Waals surface area (Å²) in [6.45, 7) is 2.23. The Morgan fingerprint density at radius 1 is 0.952 bits per heavy atom. The number of amides is 2. The molecule has 232 valence electrons. The predicted octanol–water partition coefficient (Wildman–Crippen LogP) is 3.95. The van der Waals surface area contributed by atoms with Gasteiger partial charge in [-0.2, -0.15) is 13.2 Å². The van der Waals surface area contributed by atoms with Crippen LogP contribution in [0.4, 0.5) is 32.2 Å². The van der Waals surface area contributed by atoms with Crippen molar-refractivity contribution in [1.29, 1.82) is 0 Å². The number of aliphatic carboxylic acids is 2. The topological polar surface area (TPSA) is 167 Å². The van der Waals surface area contributed by atoms with Gasteiger partial charge in [0.15, 0.2) is 0 Å². The molecule has 0 aliphatic rings. The number of halogens is 6. The molecule has 2 aromatic rings. The molecule has 0 radical (unpaired) electrons. The third-order valence-corrected chi connectivity index (χ3v) is 4.97. The number of carboxylic acids is 2. The van der Waals surface area contributed by atoms with Gasteiger partial charge >= 0.3 is 24.5 Å². The van der Waals surface area contributed by atoms with Gasteiger partial charge in [-0.15, -0.1) is 13.2 Å². The molecule has 5 N–H and O–H groups in total. The molecule has 17 heteroatoms. The molecule has 1 heterocycles. The number of pyridine rings is 1. The highest BCUT2D eigenvalue weighted by Gasteiger charge is 2.38. The molecule has 1 unspecified atom stereocenters. The van der Waals surface area contributed by atoms with E-state index in [-0.39, 0.29) is 24.4 Å². The van der Waals surface area contributed by atoms with E-state index >= 15 is 0 Å². The summed E-state index contributed by atoms with van der Waals surface area (Å²) in [5.41, 5.74) is 1.36. The zero-order valence-electron chi connectivity index (χ0n) is 22.0. The van der Waals surface area contributed by atoms with Crippen LogP contribution in [0.2, 0.25) is 0 Å². The Bertz CT molecular complexity index is 1190. The van der Waals surface area contributed by atoms with Crippen molar-refractivity contribution in [1.82, 2.24) is 15.6 Å². The lowest BCUT2D eigenvalue weighted by atomic mass is 10.0. The Morgan fingerprint density at radius 2 is 1.57 bits per heavy atom. The van der Waals surface area contributed by atoms with Crippen molar-refractivity contribution in [3.63, 3.8) is 0 Å². The monoisotopic (exact) mass is 610 g/mol. The van der Waals surface area contributed by atoms with Crippen LogP contribution in [0, 0.1) is 6.92 Å². The van der Waals surface area contributed by atoms with Crippen LogP contribution in [-0.2, 0) is 19.2 Å². The molecule has 0 aliphatic heterocycles. The quantitative estimate of drug-likeness (QED) is 0.167. The molecule has 1 aromatic carbocycles. The number of carbonyl (C=O) groups is 4. The molecule has 2 rings (SSSR count). The number of unbranched alkanes of at least 4 members (excludes halogenated alkanes) is 1. The van der Waals surface area contributed by atoms with E-state index in [0.29, 0.717) is 19.4 Å². The molecule has 2 amide bonds. The zero-order valence-corrected chi connectivity index (χ0v) is 22.0. The van der Waals surface area contributed by atoms with Gasteiger partial charge in [-0.1, -0.05) is 12.1 Å². The van der Waals surface area contributed by atoms with Gasteiger partial charge in [0.25, 0.3) is 0 Å². The second-order valence-corrected chi connectivity index (χ2v) is 8.52. The maximum absolute atomic E-state index is 12.3. The van der Waals surface area contributed by atoms with E-state index in [2.05, 4.69) is 25.7 Å². The third kappa shape index (κ3) is 15.9. The number of anilines is 1. The van der Waals surface area contributed by atoms with Gasteiger partial charge in [0.2, 0.25) is 11.8 Å². The second-order valence-electron chi connectivity index (χ2n) is 8.52. The van der Waals surface area contributed by atoms with Crippen molar-refractivity contribution in [3.8, 4) is 5.75 Å². The average molecular weight is 611 g/mol. The van der Waals surface area contributed by atoms with Gasteiger partial charge < -0.3 is 30.9 Å². The number of hydrogen-bond donors (Lipinski definition) is 5. The lowest BCUT2D eigenvalue weighted by Crippen LogP contribution is -2.39. The van der Waals surface area contributed by atoms with Crippen LogP contribution in [0.25, 0.3) is 0 Å². The van der Waals surface area contributed by atoms with E-state index in [4.69, 9.17) is 15.0 Å². The molecule has 0 aliphatic carbocycles. The van der Waals surface area contributed by atoms with Crippen molar-refractivity contribution >= 4 is 29.6 Å². The van der Waals surface area contributed by atoms with E-state index in [1.54, 1.807) is 6.20 Å². The fourth-order valence-corrected chi connectivity index (χ4v) is 3.10. The summed E-state index contributed by atoms with van der Waals surface area (Å²) in [5.74, 6) is -4.66. The van der Waals surface area contributed by atoms with Gasteiger partial charge in [0.05, 0.1) is 19.0 Å². The molecule has 0 spiro atoms. The van der Waals surface area contributed by atoms with Crippen LogP contribution >= 0.6 is 0 Å². The summed E-state index contributed by atoms with van der Waals surface area (Å²) in [6, 6.07) is 7.30. The maximum atomic E-state index is 12.3. The number of rotatable bonds is 13. The lowest BCUT2D eigenvalue weighted by Gasteiger charge is -2.18. The minimum absolute atomic E-state index is 0.204. The molecule has 1 atom stereocenters. The molecule has 11 nitrogen and oxygen atoms in total. The second kappa shape index (κ2) is 16.6. The van der Waals surface area contributed by atoms with E-state index < -0.39 is 48.6 Å². The number of ether oxygens (including phenoxy) is 1. The Hall–Kier alpha value is -4.57. The minimum Gasteiger partial charge on any atom is -0.481 e. The Morgan fingerprint density at radius 3 is 2.10 bits per heavy atom. The third-order valence-electron chi connectivity index (χ3n) is 4.97. The number of carbonyl (C=O) groups excluding carboxylic acids is 2. The van der Waals surface area contributed by atoms with Gasteiger partial charge in [-0.25, -0.2) is 9.78 Å². The number of carboxylic acid groups (broad SMARTS) is 2. The first kappa shape index (κ1) is 35.5. The number of hydrogen-bond acceptors (Lipinski definition) is 7. The number of benzene rings is 1. The number of aryl methyl sites for hydroxylation is 1. The number of aromatic nitrogens is 1. The fourth-order valence-electron chi connectivity index (χ4n) is 3.10. The van der Waals surface area contributed by atoms with Gasteiger partial charge in [-0.05, 0) is 55.2 Å². The largest absolute Gasteiger partial charge is 0.573 e. The lowest BCUT2D eigenvalue weighted by molar-refractivity contribution is -0.274. The highest BCUT2D eigenvalue weighted by atomic mass is 19.4. The van der Waals surface area contributed by atoms with Crippen molar-refractivity contribution in [2.75, 3.05) is 18.4 Å². The zero-order chi connectivity index (χ0) is 31.9. The standard InChI is InChI=1S/C23H27F3N4O5.C2HF3O2/c1-15-9-11-28-19(12-15)27-10-3-2-4-20(31)29-14-21(32)30-18(13-22(33)34)16-5-7-17(8-6-16)35-23(24,25)26;3-2(4,5)1(6)7/h5-9,11-12,18H,2-4,10,13-14H2,1H3,(H,27,28)(H,29,31)(H,30,32)(H,33,34);(H,6,7). The summed E-state index contributed by atoms with van der Waals surface area (Å²) in [5, 5.41) is 24.3. The Kier molecular flexibility index (Phi) is 14.0. The summed E-state index contributed by atoms with van der Waals surface area (Å²) < 4.78 is 72.4. The molecule has 0 fully saturated rings. The highest BCUT2D eigenvalue weighted by Crippen LogP contribution is 2.25. The Balaban J connectivity index is 0.00000112. The SMILES string of the molecule is Cc1ccnc(NCCCCC(=O)NCC(=O)NC(CC(=O)O)c2ccc(OC(F)(F)F)cc2)c1.O=C(O)C(F)(F)F. The fraction of sp³-hybridized carbons (Fsp3) is 0.400. The molecular weight excluding hydrogens is 582 g/mol. The van der Waals surface area contributed by atoms with Crippen LogP contribution in [-0.4, -0.2) is 64.6 Å². The van der Waals surface area contributed by atoms with Gasteiger partial charge in [0, 0.05) is 19.2 Å². The Labute approximate surface area is 235 Å². The van der Waals surface area contributed by atoms with Crippen LogP contribution in [0.1, 0.15) is 42.9 Å². The predicted molar refractivity (Wildman–Crippen MR) is 134 cm³/mol. The smallest absolute Gasteiger partial charge is 0.481 e. The summed E-state index contributed by atoms with van der Waals surface area (Å²) in [7, 11) is 0. The molecular formula is C25H28F6N4O7. The normalized spacial score (nSPS) is 11.8. The number of nitrogens with one attached hydrogen (secondary N) is 3. The van der Waals surface area contributed by atoms with Crippen LogP contribution in [0.3, 0.4) is 0 Å². The molecule has 0 saturated carbocycles.